The molecule has 1 heterocycles. The highest BCUT2D eigenvalue weighted by atomic mass is 32.2. The fourth-order valence-corrected chi connectivity index (χ4v) is 4.10. The number of amides is 1. The summed E-state index contributed by atoms with van der Waals surface area (Å²) < 4.78 is 16.3. The van der Waals surface area contributed by atoms with Crippen LogP contribution >= 0.6 is 24.0 Å². The van der Waals surface area contributed by atoms with Crippen molar-refractivity contribution in [1.82, 2.24) is 0 Å². The minimum Gasteiger partial charge on any atom is -0.493 e. The van der Waals surface area contributed by atoms with Crippen molar-refractivity contribution >= 4 is 51.9 Å². The number of thioether (sulfide) groups is 1. The molecule has 0 spiro atoms. The van der Waals surface area contributed by atoms with Crippen molar-refractivity contribution in [1.29, 1.82) is 0 Å². The smallest absolute Gasteiger partial charge is 0.335 e. The molecule has 150 valence electrons. The van der Waals surface area contributed by atoms with Crippen molar-refractivity contribution in [3.8, 4) is 17.2 Å². The monoisotopic (exact) mass is 431 g/mol. The van der Waals surface area contributed by atoms with Crippen LogP contribution in [-0.4, -0.2) is 42.6 Å². The second-order valence-corrected chi connectivity index (χ2v) is 7.51. The molecule has 0 saturated carbocycles. The van der Waals surface area contributed by atoms with E-state index in [1.807, 2.05) is 0 Å². The van der Waals surface area contributed by atoms with Crippen LogP contribution in [0.1, 0.15) is 15.9 Å². The highest BCUT2D eigenvalue weighted by Crippen LogP contribution is 2.41. The van der Waals surface area contributed by atoms with Crippen LogP contribution in [0.5, 0.6) is 17.2 Å². The summed E-state index contributed by atoms with van der Waals surface area (Å²) in [5.41, 5.74) is 1.14. The van der Waals surface area contributed by atoms with Crippen LogP contribution in [0.4, 0.5) is 5.69 Å². The van der Waals surface area contributed by atoms with Crippen LogP contribution in [0, 0.1) is 0 Å². The fourth-order valence-electron chi connectivity index (χ4n) is 2.80. The zero-order valence-corrected chi connectivity index (χ0v) is 17.4. The molecule has 0 bridgehead atoms. The van der Waals surface area contributed by atoms with Gasteiger partial charge in [-0.3, -0.25) is 9.69 Å². The molecule has 29 heavy (non-hydrogen) atoms. The molecule has 0 aliphatic carbocycles. The average molecular weight is 431 g/mol. The van der Waals surface area contributed by atoms with Gasteiger partial charge in [0.15, 0.2) is 15.8 Å². The summed E-state index contributed by atoms with van der Waals surface area (Å²) in [4.78, 5) is 25.9. The van der Waals surface area contributed by atoms with Gasteiger partial charge in [-0.05, 0) is 42.0 Å². The van der Waals surface area contributed by atoms with Crippen LogP contribution in [0.15, 0.2) is 41.3 Å². The van der Waals surface area contributed by atoms with Gasteiger partial charge in [-0.25, -0.2) is 4.79 Å². The van der Waals surface area contributed by atoms with E-state index in [0.29, 0.717) is 37.7 Å². The van der Waals surface area contributed by atoms with E-state index in [1.165, 1.54) is 38.4 Å². The Kier molecular flexibility index (Phi) is 6.09. The lowest BCUT2D eigenvalue weighted by Gasteiger charge is -2.15. The highest BCUT2D eigenvalue weighted by Gasteiger charge is 2.33. The molecular formula is C20H17NO6S2. The maximum absolute atomic E-state index is 12.9. The van der Waals surface area contributed by atoms with Gasteiger partial charge < -0.3 is 19.3 Å². The topological polar surface area (TPSA) is 85.3 Å². The lowest BCUT2D eigenvalue weighted by atomic mass is 10.1. The standard InChI is InChI=1S/C20H17NO6S2/c1-25-14-7-11(8-15(26-2)17(14)27-3)9-16-18(22)21(20(28)29-16)13-6-4-5-12(10-13)19(23)24/h4-10H,1-3H3,(H,23,24)/b16-9+. The predicted molar refractivity (Wildman–Crippen MR) is 115 cm³/mol. The Morgan fingerprint density at radius 3 is 2.31 bits per heavy atom. The quantitative estimate of drug-likeness (QED) is 0.546. The summed E-state index contributed by atoms with van der Waals surface area (Å²) in [7, 11) is 4.53. The number of carbonyl (C=O) groups is 2. The van der Waals surface area contributed by atoms with Gasteiger partial charge in [-0.1, -0.05) is 30.0 Å². The summed E-state index contributed by atoms with van der Waals surface area (Å²) in [6, 6.07) is 9.52. The SMILES string of the molecule is COc1cc(/C=C2/SC(=S)N(c3cccc(C(=O)O)c3)C2=O)cc(OC)c1OC. The van der Waals surface area contributed by atoms with Gasteiger partial charge in [0, 0.05) is 0 Å². The Morgan fingerprint density at radius 2 is 1.76 bits per heavy atom. The van der Waals surface area contributed by atoms with Gasteiger partial charge in [-0.2, -0.15) is 0 Å². The van der Waals surface area contributed by atoms with Crippen molar-refractivity contribution in [3.63, 3.8) is 0 Å². The lowest BCUT2D eigenvalue weighted by molar-refractivity contribution is -0.113. The van der Waals surface area contributed by atoms with Crippen LogP contribution in [0.2, 0.25) is 0 Å². The number of hydrogen-bond donors (Lipinski definition) is 1. The minimum atomic E-state index is -1.08. The van der Waals surface area contributed by atoms with E-state index in [4.69, 9.17) is 26.4 Å². The number of rotatable bonds is 6. The highest BCUT2D eigenvalue weighted by molar-refractivity contribution is 8.27. The number of carbonyl (C=O) groups excluding carboxylic acids is 1. The first-order chi connectivity index (χ1) is 13.9. The molecule has 2 aromatic rings. The second kappa shape index (κ2) is 8.54. The summed E-state index contributed by atoms with van der Waals surface area (Å²) in [6.45, 7) is 0. The molecule has 2 aromatic carbocycles. The van der Waals surface area contributed by atoms with E-state index < -0.39 is 5.97 Å². The van der Waals surface area contributed by atoms with Crippen molar-refractivity contribution in [2.45, 2.75) is 0 Å². The molecule has 1 N–H and O–H groups in total. The molecule has 1 aliphatic rings. The number of benzene rings is 2. The van der Waals surface area contributed by atoms with Crippen LogP contribution in [0.3, 0.4) is 0 Å². The third kappa shape index (κ3) is 4.06. The molecule has 0 aromatic heterocycles. The zero-order chi connectivity index (χ0) is 21.1. The van der Waals surface area contributed by atoms with Gasteiger partial charge in [-0.15, -0.1) is 0 Å². The predicted octanol–water partition coefficient (Wildman–Crippen LogP) is 3.82. The molecule has 0 unspecified atom stereocenters. The van der Waals surface area contributed by atoms with E-state index in [2.05, 4.69) is 0 Å². The normalized spacial score (nSPS) is 15.0. The van der Waals surface area contributed by atoms with Gasteiger partial charge in [0.25, 0.3) is 5.91 Å². The number of carboxylic acids is 1. The molecular weight excluding hydrogens is 414 g/mol. The molecule has 1 saturated heterocycles. The lowest BCUT2D eigenvalue weighted by Crippen LogP contribution is -2.27. The molecule has 0 radical (unpaired) electrons. The molecule has 1 fully saturated rings. The first-order valence-electron chi connectivity index (χ1n) is 8.31. The van der Waals surface area contributed by atoms with Crippen LogP contribution < -0.4 is 19.1 Å². The summed E-state index contributed by atoms with van der Waals surface area (Å²) in [5, 5.41) is 9.19. The Morgan fingerprint density at radius 1 is 1.10 bits per heavy atom. The Bertz CT molecular complexity index is 1010. The van der Waals surface area contributed by atoms with Crippen molar-refractivity contribution in [2.75, 3.05) is 26.2 Å². The number of carboxylic acid groups (broad SMARTS) is 1. The fraction of sp³-hybridized carbons (Fsp3) is 0.150. The number of nitrogens with zero attached hydrogens (tertiary/aromatic N) is 1. The van der Waals surface area contributed by atoms with Crippen molar-refractivity contribution in [2.24, 2.45) is 0 Å². The van der Waals surface area contributed by atoms with Crippen molar-refractivity contribution in [3.05, 3.63) is 52.4 Å². The molecule has 0 atom stereocenters. The number of methoxy groups -OCH3 is 3. The Hall–Kier alpha value is -3.04. The maximum atomic E-state index is 12.9. The Balaban J connectivity index is 1.98. The van der Waals surface area contributed by atoms with E-state index in [-0.39, 0.29) is 11.5 Å². The van der Waals surface area contributed by atoms with Gasteiger partial charge in [0.1, 0.15) is 0 Å². The number of hydrogen-bond acceptors (Lipinski definition) is 7. The number of anilines is 1. The molecule has 1 amide bonds. The van der Waals surface area contributed by atoms with Gasteiger partial charge >= 0.3 is 5.97 Å². The van der Waals surface area contributed by atoms with E-state index >= 15 is 0 Å². The average Bonchev–Trinajstić information content (AvgIpc) is 3.00. The minimum absolute atomic E-state index is 0.0742. The maximum Gasteiger partial charge on any atom is 0.335 e. The van der Waals surface area contributed by atoms with E-state index in [0.717, 1.165) is 11.8 Å². The zero-order valence-electron chi connectivity index (χ0n) is 15.8. The van der Waals surface area contributed by atoms with E-state index in [1.54, 1.807) is 30.3 Å². The Labute approximate surface area is 176 Å². The van der Waals surface area contributed by atoms with Gasteiger partial charge in [0.05, 0.1) is 37.5 Å². The third-order valence-corrected chi connectivity index (χ3v) is 5.43. The molecule has 3 rings (SSSR count). The van der Waals surface area contributed by atoms with Crippen molar-refractivity contribution < 1.29 is 28.9 Å². The third-order valence-electron chi connectivity index (χ3n) is 4.13. The summed E-state index contributed by atoms with van der Waals surface area (Å²) in [6.07, 6.45) is 1.67. The molecule has 9 heteroatoms. The van der Waals surface area contributed by atoms with Crippen LogP contribution in [-0.2, 0) is 4.79 Å². The number of ether oxygens (including phenoxy) is 3. The summed E-state index contributed by atoms with van der Waals surface area (Å²) >= 11 is 6.48. The van der Waals surface area contributed by atoms with Crippen LogP contribution in [0.25, 0.3) is 6.08 Å². The first kappa shape index (κ1) is 20.7. The van der Waals surface area contributed by atoms with E-state index in [9.17, 15) is 14.7 Å². The second-order valence-electron chi connectivity index (χ2n) is 5.83. The largest absolute Gasteiger partial charge is 0.493 e. The molecule has 7 nitrogen and oxygen atoms in total. The molecule has 1 aliphatic heterocycles. The summed E-state index contributed by atoms with van der Waals surface area (Å²) in [5.74, 6) is -0.0443. The first-order valence-corrected chi connectivity index (χ1v) is 9.53. The number of thiocarbonyl (C=S) groups is 1. The number of aromatic carboxylic acids is 1. The van der Waals surface area contributed by atoms with Gasteiger partial charge in [0.2, 0.25) is 5.75 Å².